The monoisotopic (exact) mass is 447 g/mol. The SMILES string of the molecule is CN1CCC(Oc2cnc3ccc(-c4c[nH]c5nc(NCC6(F)CC6)ncc45)cc3n2)CC1. The number of benzene rings is 1. The molecule has 3 aromatic heterocycles. The number of fused-ring (bicyclic) bond motifs is 2. The van der Waals surface area contributed by atoms with Gasteiger partial charge in [-0.2, -0.15) is 4.98 Å². The van der Waals surface area contributed by atoms with E-state index in [-0.39, 0.29) is 12.6 Å². The molecule has 4 heterocycles. The Morgan fingerprint density at radius 1 is 1.15 bits per heavy atom. The number of aromatic nitrogens is 5. The molecule has 4 aromatic rings. The van der Waals surface area contributed by atoms with E-state index >= 15 is 0 Å². The van der Waals surface area contributed by atoms with E-state index in [9.17, 15) is 4.39 Å². The van der Waals surface area contributed by atoms with E-state index in [0.717, 1.165) is 53.5 Å². The first-order chi connectivity index (χ1) is 16.0. The summed E-state index contributed by atoms with van der Waals surface area (Å²) in [7, 11) is 2.13. The minimum atomic E-state index is -1.10. The molecule has 2 aliphatic rings. The highest BCUT2D eigenvalue weighted by atomic mass is 19.1. The zero-order valence-electron chi connectivity index (χ0n) is 18.5. The topological polar surface area (TPSA) is 91.8 Å². The molecule has 1 aromatic carbocycles. The van der Waals surface area contributed by atoms with Gasteiger partial charge < -0.3 is 19.9 Å². The minimum absolute atomic E-state index is 0.178. The Morgan fingerprint density at radius 2 is 2.00 bits per heavy atom. The summed E-state index contributed by atoms with van der Waals surface area (Å²) >= 11 is 0. The zero-order valence-corrected chi connectivity index (χ0v) is 18.5. The Balaban J connectivity index is 1.25. The van der Waals surface area contributed by atoms with Gasteiger partial charge in [-0.1, -0.05) is 6.07 Å². The molecule has 1 saturated carbocycles. The van der Waals surface area contributed by atoms with Crippen LogP contribution in [-0.4, -0.2) is 68.3 Å². The second-order valence-electron chi connectivity index (χ2n) is 9.19. The fourth-order valence-corrected chi connectivity index (χ4v) is 4.27. The quantitative estimate of drug-likeness (QED) is 0.462. The zero-order chi connectivity index (χ0) is 22.4. The molecule has 1 aliphatic heterocycles. The van der Waals surface area contributed by atoms with Crippen molar-refractivity contribution >= 4 is 28.0 Å². The van der Waals surface area contributed by atoms with Gasteiger partial charge in [0.2, 0.25) is 11.8 Å². The van der Waals surface area contributed by atoms with Gasteiger partial charge in [-0.15, -0.1) is 0 Å². The average Bonchev–Trinajstić information content (AvgIpc) is 3.42. The Hall–Kier alpha value is -3.33. The van der Waals surface area contributed by atoms with Crippen molar-refractivity contribution in [1.29, 1.82) is 0 Å². The van der Waals surface area contributed by atoms with Crippen LogP contribution in [0.25, 0.3) is 33.2 Å². The van der Waals surface area contributed by atoms with E-state index in [4.69, 9.17) is 9.72 Å². The molecule has 2 fully saturated rings. The van der Waals surface area contributed by atoms with Crippen LogP contribution >= 0.6 is 0 Å². The smallest absolute Gasteiger partial charge is 0.233 e. The van der Waals surface area contributed by atoms with Crippen LogP contribution in [0.15, 0.2) is 36.8 Å². The van der Waals surface area contributed by atoms with Gasteiger partial charge in [0.1, 0.15) is 17.4 Å². The van der Waals surface area contributed by atoms with Crippen molar-refractivity contribution in [3.8, 4) is 17.0 Å². The molecule has 170 valence electrons. The van der Waals surface area contributed by atoms with Crippen molar-refractivity contribution in [3.05, 3.63) is 36.8 Å². The van der Waals surface area contributed by atoms with Crippen LogP contribution in [-0.2, 0) is 0 Å². The molecule has 8 nitrogen and oxygen atoms in total. The van der Waals surface area contributed by atoms with E-state index in [2.05, 4.69) is 37.2 Å². The van der Waals surface area contributed by atoms with Gasteiger partial charge in [-0.25, -0.2) is 19.3 Å². The summed E-state index contributed by atoms with van der Waals surface area (Å²) in [5.74, 6) is 0.994. The Labute approximate surface area is 190 Å². The highest BCUT2D eigenvalue weighted by Crippen LogP contribution is 2.39. The minimum Gasteiger partial charge on any atom is -0.473 e. The third-order valence-electron chi connectivity index (χ3n) is 6.57. The number of H-pyrrole nitrogens is 1. The maximum atomic E-state index is 13.9. The van der Waals surface area contributed by atoms with Crippen LogP contribution in [0.4, 0.5) is 10.3 Å². The number of nitrogens with zero attached hydrogens (tertiary/aromatic N) is 5. The molecule has 33 heavy (non-hydrogen) atoms. The number of nitrogens with one attached hydrogen (secondary N) is 2. The van der Waals surface area contributed by atoms with Crippen molar-refractivity contribution in [1.82, 2.24) is 29.8 Å². The van der Waals surface area contributed by atoms with Gasteiger partial charge in [0.15, 0.2) is 0 Å². The second-order valence-corrected chi connectivity index (χ2v) is 9.19. The standard InChI is InChI=1S/C24H26FN7O/c1-32-8-4-16(5-9-32)33-21-13-26-19-3-2-15(10-20(19)30-21)17-11-27-22-18(17)12-28-23(31-22)29-14-24(25)6-7-24/h2-3,10-13,16H,4-9,14H2,1H3,(H2,27,28,29,31). The average molecular weight is 448 g/mol. The molecule has 2 N–H and O–H groups in total. The van der Waals surface area contributed by atoms with Gasteiger partial charge >= 0.3 is 0 Å². The van der Waals surface area contributed by atoms with Gasteiger partial charge in [-0.3, -0.25) is 0 Å². The van der Waals surface area contributed by atoms with Crippen molar-refractivity contribution in [2.45, 2.75) is 37.5 Å². The third-order valence-corrected chi connectivity index (χ3v) is 6.57. The highest BCUT2D eigenvalue weighted by molar-refractivity contribution is 5.95. The van der Waals surface area contributed by atoms with E-state index in [1.54, 1.807) is 12.4 Å². The van der Waals surface area contributed by atoms with Gasteiger partial charge in [-0.05, 0) is 50.4 Å². The van der Waals surface area contributed by atoms with E-state index < -0.39 is 5.67 Å². The van der Waals surface area contributed by atoms with Crippen molar-refractivity contribution in [3.63, 3.8) is 0 Å². The fraction of sp³-hybridized carbons (Fsp3) is 0.417. The molecule has 0 atom stereocenters. The normalized spacial score (nSPS) is 18.6. The summed E-state index contributed by atoms with van der Waals surface area (Å²) < 4.78 is 20.0. The van der Waals surface area contributed by atoms with E-state index in [0.29, 0.717) is 30.3 Å². The fourth-order valence-electron chi connectivity index (χ4n) is 4.27. The van der Waals surface area contributed by atoms with Crippen molar-refractivity contribution < 1.29 is 9.13 Å². The molecule has 6 rings (SSSR count). The first-order valence-electron chi connectivity index (χ1n) is 11.4. The molecule has 0 bridgehead atoms. The summed E-state index contributed by atoms with van der Waals surface area (Å²) in [4.78, 5) is 23.7. The van der Waals surface area contributed by atoms with Crippen LogP contribution in [0.3, 0.4) is 0 Å². The lowest BCUT2D eigenvalue weighted by molar-refractivity contribution is 0.110. The number of anilines is 1. The van der Waals surface area contributed by atoms with E-state index in [1.165, 1.54) is 0 Å². The van der Waals surface area contributed by atoms with Gasteiger partial charge in [0.25, 0.3) is 0 Å². The molecular formula is C24H26FN7O. The maximum Gasteiger partial charge on any atom is 0.233 e. The predicted molar refractivity (Wildman–Crippen MR) is 125 cm³/mol. The summed E-state index contributed by atoms with van der Waals surface area (Å²) in [5.41, 5.74) is 3.18. The summed E-state index contributed by atoms with van der Waals surface area (Å²) in [6.07, 6.45) is 8.76. The Morgan fingerprint density at radius 3 is 2.82 bits per heavy atom. The summed E-state index contributed by atoms with van der Waals surface area (Å²) in [6.45, 7) is 2.31. The van der Waals surface area contributed by atoms with Crippen molar-refractivity contribution in [2.24, 2.45) is 0 Å². The molecule has 0 amide bonds. The van der Waals surface area contributed by atoms with E-state index in [1.807, 2.05) is 24.4 Å². The molecule has 9 heteroatoms. The third kappa shape index (κ3) is 4.20. The predicted octanol–water partition coefficient (Wildman–Crippen LogP) is 3.96. The first-order valence-corrected chi connectivity index (χ1v) is 11.4. The van der Waals surface area contributed by atoms with Crippen molar-refractivity contribution in [2.75, 3.05) is 32.0 Å². The number of hydrogen-bond donors (Lipinski definition) is 2. The van der Waals surface area contributed by atoms with Crippen LogP contribution in [0.2, 0.25) is 0 Å². The van der Waals surface area contributed by atoms with Gasteiger partial charge in [0.05, 0.1) is 23.8 Å². The summed E-state index contributed by atoms with van der Waals surface area (Å²) in [6, 6.07) is 5.99. The number of piperidine rings is 1. The number of ether oxygens (including phenoxy) is 1. The lowest BCUT2D eigenvalue weighted by atomic mass is 10.1. The maximum absolute atomic E-state index is 13.9. The molecule has 0 radical (unpaired) electrons. The molecule has 1 saturated heterocycles. The summed E-state index contributed by atoms with van der Waals surface area (Å²) in [5, 5.41) is 3.90. The molecule has 0 spiro atoms. The lowest BCUT2D eigenvalue weighted by Gasteiger charge is -2.28. The van der Waals surface area contributed by atoms with Crippen LogP contribution in [0, 0.1) is 0 Å². The Bertz CT molecular complexity index is 1310. The van der Waals surface area contributed by atoms with Crippen LogP contribution < -0.4 is 10.1 Å². The van der Waals surface area contributed by atoms with Crippen LogP contribution in [0.1, 0.15) is 25.7 Å². The number of rotatable bonds is 6. The largest absolute Gasteiger partial charge is 0.473 e. The van der Waals surface area contributed by atoms with Crippen LogP contribution in [0.5, 0.6) is 5.88 Å². The molecule has 1 aliphatic carbocycles. The first kappa shape index (κ1) is 20.3. The lowest BCUT2D eigenvalue weighted by Crippen LogP contribution is -2.35. The number of likely N-dealkylation sites (tertiary alicyclic amines) is 1. The van der Waals surface area contributed by atoms with Gasteiger partial charge in [0, 0.05) is 36.4 Å². The second kappa shape index (κ2) is 7.91. The number of halogens is 1. The molecule has 0 unspecified atom stereocenters. The highest BCUT2D eigenvalue weighted by Gasteiger charge is 2.43. The number of hydrogen-bond acceptors (Lipinski definition) is 7. The molecular weight excluding hydrogens is 421 g/mol. The number of alkyl halides is 1. The Kier molecular flexibility index (Phi) is 4.86. The number of aromatic amines is 1.